The summed E-state index contributed by atoms with van der Waals surface area (Å²) in [7, 11) is 0. The minimum Gasteiger partial charge on any atom is -0.390 e. The van der Waals surface area contributed by atoms with E-state index in [2.05, 4.69) is 11.7 Å². The maximum absolute atomic E-state index is 11.9. The average Bonchev–Trinajstić information content (AvgIpc) is 2.68. The average molecular weight is 408 g/mol. The van der Waals surface area contributed by atoms with Crippen LogP contribution in [0.5, 0.6) is 0 Å². The number of carbonyl (C=O) groups excluding carboxylic acids is 1. The summed E-state index contributed by atoms with van der Waals surface area (Å²) in [5, 5.41) is 14.4. The van der Waals surface area contributed by atoms with Crippen LogP contribution in [-0.2, 0) is 9.63 Å². The second-order valence-corrected chi connectivity index (χ2v) is 7.96. The second kappa shape index (κ2) is 11.3. The van der Waals surface area contributed by atoms with Gasteiger partial charge in [-0.15, -0.1) is 11.8 Å². The van der Waals surface area contributed by atoms with Crippen molar-refractivity contribution in [1.82, 2.24) is 0 Å². The molecule has 0 fully saturated rings. The summed E-state index contributed by atoms with van der Waals surface area (Å²) in [6.07, 6.45) is 6.82. The Hall–Kier alpha value is -1.56. The van der Waals surface area contributed by atoms with Gasteiger partial charge in [0.25, 0.3) is 0 Å². The van der Waals surface area contributed by atoms with Crippen LogP contribution in [0.1, 0.15) is 37.7 Å². The van der Waals surface area contributed by atoms with Gasteiger partial charge in [0.05, 0.1) is 12.3 Å². The van der Waals surface area contributed by atoms with Gasteiger partial charge in [0.2, 0.25) is 0 Å². The number of nitrogens with zero attached hydrogens (tertiary/aromatic N) is 1. The number of hydrogen-bond acceptors (Lipinski definition) is 5. The minimum atomic E-state index is -0.255. The van der Waals surface area contributed by atoms with Crippen LogP contribution >= 0.6 is 23.4 Å². The van der Waals surface area contributed by atoms with Crippen molar-refractivity contribution < 1.29 is 14.7 Å². The summed E-state index contributed by atoms with van der Waals surface area (Å²) < 4.78 is 0. The van der Waals surface area contributed by atoms with Crippen LogP contribution in [0.25, 0.3) is 0 Å². The van der Waals surface area contributed by atoms with Gasteiger partial charge in [-0.25, -0.2) is 0 Å². The summed E-state index contributed by atoms with van der Waals surface area (Å²) in [6, 6.07) is 5.87. The number of rotatable bonds is 10. The van der Waals surface area contributed by atoms with Gasteiger partial charge in [-0.05, 0) is 49.1 Å². The molecule has 1 aromatic carbocycles. The topological polar surface area (TPSA) is 58.9 Å². The Bertz CT molecular complexity index is 730. The molecule has 1 atom stereocenters. The highest BCUT2D eigenvalue weighted by molar-refractivity contribution is 7.99. The Morgan fingerprint density at radius 1 is 1.52 bits per heavy atom. The van der Waals surface area contributed by atoms with Crippen molar-refractivity contribution in [1.29, 1.82) is 0 Å². The highest BCUT2D eigenvalue weighted by atomic mass is 35.5. The molecule has 0 aromatic heterocycles. The third-order valence-electron chi connectivity index (χ3n) is 4.39. The Morgan fingerprint density at radius 3 is 3.04 bits per heavy atom. The number of thioether (sulfide) groups is 1. The maximum Gasteiger partial charge on any atom is 0.158 e. The van der Waals surface area contributed by atoms with E-state index < -0.39 is 0 Å². The molecule has 0 saturated carbocycles. The highest BCUT2D eigenvalue weighted by Gasteiger charge is 2.16. The molecule has 0 spiro atoms. The van der Waals surface area contributed by atoms with Crippen LogP contribution in [0.3, 0.4) is 0 Å². The second-order valence-electron chi connectivity index (χ2n) is 6.42. The maximum atomic E-state index is 11.9. The number of halogens is 1. The van der Waals surface area contributed by atoms with Gasteiger partial charge in [0.1, 0.15) is 6.10 Å². The molecule has 0 bridgehead atoms. The molecule has 0 radical (unpaired) electrons. The fourth-order valence-electron chi connectivity index (χ4n) is 2.71. The van der Waals surface area contributed by atoms with Gasteiger partial charge in [0, 0.05) is 34.9 Å². The first-order valence-corrected chi connectivity index (χ1v) is 10.5. The molecule has 0 saturated heterocycles. The lowest BCUT2D eigenvalue weighted by atomic mass is 9.94. The first-order valence-electron chi connectivity index (χ1n) is 9.10. The Morgan fingerprint density at radius 2 is 2.33 bits per heavy atom. The first kappa shape index (κ1) is 21.7. The molecule has 4 nitrogen and oxygen atoms in total. The summed E-state index contributed by atoms with van der Waals surface area (Å²) in [6.45, 7) is 5.57. The third-order valence-corrected chi connectivity index (χ3v) is 5.99. The van der Waals surface area contributed by atoms with E-state index in [1.54, 1.807) is 17.8 Å². The van der Waals surface area contributed by atoms with Gasteiger partial charge in [-0.1, -0.05) is 35.5 Å². The van der Waals surface area contributed by atoms with E-state index in [0.29, 0.717) is 18.6 Å². The van der Waals surface area contributed by atoms with Gasteiger partial charge >= 0.3 is 0 Å². The zero-order chi connectivity index (χ0) is 19.6. The first-order chi connectivity index (χ1) is 13.0. The van der Waals surface area contributed by atoms with Crippen molar-refractivity contribution in [2.75, 3.05) is 12.4 Å². The molecule has 0 aliphatic heterocycles. The summed E-state index contributed by atoms with van der Waals surface area (Å²) in [5.41, 5.74) is 2.26. The molecule has 1 aromatic rings. The number of aliphatic hydroxyl groups excluding tert-OH is 1. The monoisotopic (exact) mass is 407 g/mol. The highest BCUT2D eigenvalue weighted by Crippen LogP contribution is 2.28. The zero-order valence-electron chi connectivity index (χ0n) is 15.6. The lowest BCUT2D eigenvalue weighted by Crippen LogP contribution is -2.16. The van der Waals surface area contributed by atoms with E-state index >= 15 is 0 Å². The van der Waals surface area contributed by atoms with Crippen LogP contribution < -0.4 is 0 Å². The van der Waals surface area contributed by atoms with Crippen LogP contribution in [0.2, 0.25) is 5.02 Å². The molecule has 146 valence electrons. The molecule has 0 heterocycles. The fourth-order valence-corrected chi connectivity index (χ4v) is 4.01. The normalized spacial score (nSPS) is 16.0. The SMILES string of the molecule is C=CC(CCSc1cccc(Cl)c1C)O/N=C(\CO)CC1=CCCCC1=O. The number of allylic oxidation sites excluding steroid dienone is 2. The van der Waals surface area contributed by atoms with Crippen LogP contribution in [0.15, 0.2) is 52.6 Å². The predicted octanol–water partition coefficient (Wildman–Crippen LogP) is 5.12. The standard InChI is InChI=1S/C21H26ClNO3S/c1-3-18(11-12-27-21-10-6-8-19(22)15(21)2)26-23-17(14-24)13-16-7-4-5-9-20(16)25/h3,6-8,10,18,24H,1,4-5,9,11-14H2,2H3/b23-17-. The van der Waals surface area contributed by atoms with Crippen molar-refractivity contribution in [3.05, 3.63) is 53.1 Å². The third kappa shape index (κ3) is 6.83. The van der Waals surface area contributed by atoms with Crippen molar-refractivity contribution in [3.63, 3.8) is 0 Å². The van der Waals surface area contributed by atoms with Gasteiger partial charge < -0.3 is 9.94 Å². The summed E-state index contributed by atoms with van der Waals surface area (Å²) in [4.78, 5) is 18.6. The number of aliphatic hydroxyl groups is 1. The smallest absolute Gasteiger partial charge is 0.158 e. The Kier molecular flexibility index (Phi) is 9.11. The quantitative estimate of drug-likeness (QED) is 0.253. The van der Waals surface area contributed by atoms with Crippen LogP contribution in [0, 0.1) is 6.92 Å². The number of Topliss-reactive ketones (excluding diaryl/α,β-unsaturated/α-hetero) is 1. The number of hydrogen-bond donors (Lipinski definition) is 1. The Labute approximate surface area is 170 Å². The largest absolute Gasteiger partial charge is 0.390 e. The van der Waals surface area contributed by atoms with Crippen molar-refractivity contribution in [3.8, 4) is 0 Å². The predicted molar refractivity (Wildman–Crippen MR) is 113 cm³/mol. The lowest BCUT2D eigenvalue weighted by molar-refractivity contribution is -0.116. The molecule has 27 heavy (non-hydrogen) atoms. The summed E-state index contributed by atoms with van der Waals surface area (Å²) >= 11 is 7.86. The molecule has 6 heteroatoms. The minimum absolute atomic E-state index is 0.135. The van der Waals surface area contributed by atoms with Crippen molar-refractivity contribution in [2.24, 2.45) is 5.16 Å². The fraction of sp³-hybridized carbons (Fsp3) is 0.429. The Balaban J connectivity index is 1.86. The van der Waals surface area contributed by atoms with Gasteiger partial charge in [-0.3, -0.25) is 4.79 Å². The molecular formula is C21H26ClNO3S. The van der Waals surface area contributed by atoms with Crippen LogP contribution in [0.4, 0.5) is 0 Å². The van der Waals surface area contributed by atoms with Gasteiger partial charge in [-0.2, -0.15) is 0 Å². The zero-order valence-corrected chi connectivity index (χ0v) is 17.2. The van der Waals surface area contributed by atoms with Crippen LogP contribution in [-0.4, -0.2) is 35.1 Å². The molecule has 1 unspecified atom stereocenters. The van der Waals surface area contributed by atoms with E-state index in [1.165, 1.54) is 0 Å². The van der Waals surface area contributed by atoms with Gasteiger partial charge in [0.15, 0.2) is 5.78 Å². The van der Waals surface area contributed by atoms with E-state index in [0.717, 1.165) is 46.1 Å². The van der Waals surface area contributed by atoms with Crippen molar-refractivity contribution >= 4 is 34.9 Å². The lowest BCUT2D eigenvalue weighted by Gasteiger charge is -2.14. The molecule has 1 aliphatic carbocycles. The van der Waals surface area contributed by atoms with E-state index in [9.17, 15) is 9.90 Å². The number of carbonyl (C=O) groups is 1. The molecule has 1 aliphatic rings. The van der Waals surface area contributed by atoms with E-state index in [1.807, 2.05) is 31.2 Å². The summed E-state index contributed by atoms with van der Waals surface area (Å²) in [5.74, 6) is 0.960. The number of oxime groups is 1. The molecular weight excluding hydrogens is 382 g/mol. The molecule has 0 amide bonds. The van der Waals surface area contributed by atoms with E-state index in [4.69, 9.17) is 16.4 Å². The number of benzene rings is 1. The molecule has 1 N–H and O–H groups in total. The van der Waals surface area contributed by atoms with Crippen molar-refractivity contribution in [2.45, 2.75) is 50.0 Å². The molecule has 2 rings (SSSR count). The van der Waals surface area contributed by atoms with E-state index in [-0.39, 0.29) is 18.5 Å². The number of ketones is 1.